The number of nitrogens with zero attached hydrogens (tertiary/aromatic N) is 3. The molecule has 1 aromatic carbocycles. The standard InChI is InChI=1S/C21H27N5O2/c1-5-26-20-17(12-24-26)19(25-14(4)13(2)3)18(11-22-20)21(28)23-10-15-6-8-16(27)9-7-15/h6-9,11-14,27H,5,10H2,1-4H3,(H,22,25)(H,23,28)/t14-/m0/s1. The van der Waals surface area contributed by atoms with Crippen molar-refractivity contribution in [1.29, 1.82) is 0 Å². The third-order valence-electron chi connectivity index (χ3n) is 4.97. The fourth-order valence-electron chi connectivity index (χ4n) is 2.87. The second-order valence-electron chi connectivity index (χ2n) is 7.27. The van der Waals surface area contributed by atoms with Crippen molar-refractivity contribution in [3.63, 3.8) is 0 Å². The lowest BCUT2D eigenvalue weighted by Gasteiger charge is -2.21. The lowest BCUT2D eigenvalue weighted by Crippen LogP contribution is -2.27. The monoisotopic (exact) mass is 381 g/mol. The number of aromatic hydroxyl groups is 1. The number of hydrogen-bond acceptors (Lipinski definition) is 5. The highest BCUT2D eigenvalue weighted by atomic mass is 16.3. The number of pyridine rings is 1. The molecular weight excluding hydrogens is 354 g/mol. The van der Waals surface area contributed by atoms with Gasteiger partial charge in [-0.2, -0.15) is 5.10 Å². The van der Waals surface area contributed by atoms with Crippen molar-refractivity contribution in [2.75, 3.05) is 5.32 Å². The molecule has 7 nitrogen and oxygen atoms in total. The van der Waals surface area contributed by atoms with E-state index >= 15 is 0 Å². The fraction of sp³-hybridized carbons (Fsp3) is 0.381. The summed E-state index contributed by atoms with van der Waals surface area (Å²) < 4.78 is 1.82. The van der Waals surface area contributed by atoms with Crippen LogP contribution in [-0.4, -0.2) is 31.8 Å². The number of aryl methyl sites for hydroxylation is 1. The summed E-state index contributed by atoms with van der Waals surface area (Å²) >= 11 is 0. The first-order chi connectivity index (χ1) is 13.4. The highest BCUT2D eigenvalue weighted by Crippen LogP contribution is 2.28. The Kier molecular flexibility index (Phi) is 5.82. The van der Waals surface area contributed by atoms with Crippen LogP contribution >= 0.6 is 0 Å². The average molecular weight is 381 g/mol. The summed E-state index contributed by atoms with van der Waals surface area (Å²) in [6.07, 6.45) is 3.37. The van der Waals surface area contributed by atoms with E-state index in [1.807, 2.05) is 11.6 Å². The summed E-state index contributed by atoms with van der Waals surface area (Å²) in [6.45, 7) is 9.45. The Bertz CT molecular complexity index is 963. The number of benzene rings is 1. The molecule has 0 radical (unpaired) electrons. The Morgan fingerprint density at radius 1 is 1.18 bits per heavy atom. The zero-order chi connectivity index (χ0) is 20.3. The summed E-state index contributed by atoms with van der Waals surface area (Å²) in [4.78, 5) is 17.4. The van der Waals surface area contributed by atoms with Gasteiger partial charge in [-0.15, -0.1) is 0 Å². The Hall–Kier alpha value is -3.09. The summed E-state index contributed by atoms with van der Waals surface area (Å²) in [6, 6.07) is 6.95. The molecule has 0 spiro atoms. The van der Waals surface area contributed by atoms with Crippen molar-refractivity contribution in [2.24, 2.45) is 5.92 Å². The van der Waals surface area contributed by atoms with Crippen molar-refractivity contribution in [3.05, 3.63) is 47.8 Å². The molecule has 2 aromatic heterocycles. The van der Waals surface area contributed by atoms with E-state index in [4.69, 9.17) is 0 Å². The van der Waals surface area contributed by atoms with Gasteiger partial charge in [-0.1, -0.05) is 26.0 Å². The largest absolute Gasteiger partial charge is 0.508 e. The van der Waals surface area contributed by atoms with E-state index < -0.39 is 0 Å². The first-order valence-corrected chi connectivity index (χ1v) is 9.57. The maximum Gasteiger partial charge on any atom is 0.255 e. The predicted molar refractivity (Wildman–Crippen MR) is 110 cm³/mol. The quantitative estimate of drug-likeness (QED) is 0.582. The van der Waals surface area contributed by atoms with E-state index in [9.17, 15) is 9.90 Å². The van der Waals surface area contributed by atoms with Gasteiger partial charge in [-0.25, -0.2) is 9.67 Å². The lowest BCUT2D eigenvalue weighted by molar-refractivity contribution is 0.0951. The molecule has 0 saturated carbocycles. The highest BCUT2D eigenvalue weighted by Gasteiger charge is 2.20. The summed E-state index contributed by atoms with van der Waals surface area (Å²) in [5, 5.41) is 21.0. The number of carbonyl (C=O) groups is 1. The zero-order valence-corrected chi connectivity index (χ0v) is 16.7. The molecule has 28 heavy (non-hydrogen) atoms. The number of nitrogens with one attached hydrogen (secondary N) is 2. The third-order valence-corrected chi connectivity index (χ3v) is 4.97. The maximum atomic E-state index is 12.9. The first-order valence-electron chi connectivity index (χ1n) is 9.57. The van der Waals surface area contributed by atoms with Crippen molar-refractivity contribution in [3.8, 4) is 5.75 Å². The van der Waals surface area contributed by atoms with Gasteiger partial charge in [-0.05, 0) is 37.5 Å². The molecule has 1 amide bonds. The van der Waals surface area contributed by atoms with Gasteiger partial charge < -0.3 is 15.7 Å². The van der Waals surface area contributed by atoms with E-state index in [1.54, 1.807) is 36.7 Å². The first kappa shape index (κ1) is 19.7. The molecule has 148 valence electrons. The second kappa shape index (κ2) is 8.29. The Morgan fingerprint density at radius 2 is 1.89 bits per heavy atom. The Balaban J connectivity index is 1.91. The minimum absolute atomic E-state index is 0.180. The van der Waals surface area contributed by atoms with Crippen molar-refractivity contribution in [1.82, 2.24) is 20.1 Å². The van der Waals surface area contributed by atoms with Crippen LogP contribution in [0, 0.1) is 5.92 Å². The van der Waals surface area contributed by atoms with Crippen molar-refractivity contribution < 1.29 is 9.90 Å². The van der Waals surface area contributed by atoms with Gasteiger partial charge in [0.05, 0.1) is 22.8 Å². The van der Waals surface area contributed by atoms with Gasteiger partial charge in [0, 0.05) is 25.3 Å². The van der Waals surface area contributed by atoms with Gasteiger partial charge in [0.1, 0.15) is 5.75 Å². The molecule has 0 aliphatic rings. The molecule has 3 aromatic rings. The van der Waals surface area contributed by atoms with Crippen LogP contribution in [0.3, 0.4) is 0 Å². The van der Waals surface area contributed by atoms with Gasteiger partial charge in [0.25, 0.3) is 5.91 Å². The van der Waals surface area contributed by atoms with E-state index in [0.717, 1.165) is 22.3 Å². The SMILES string of the molecule is CCn1ncc2c(N[C@@H](C)C(C)C)c(C(=O)NCc3ccc(O)cc3)cnc21. The van der Waals surface area contributed by atoms with E-state index in [-0.39, 0.29) is 17.7 Å². The summed E-state index contributed by atoms with van der Waals surface area (Å²) in [5.74, 6) is 0.398. The zero-order valence-electron chi connectivity index (χ0n) is 16.7. The molecule has 1 atom stereocenters. The Labute approximate surface area is 164 Å². The minimum Gasteiger partial charge on any atom is -0.508 e. The molecule has 0 saturated heterocycles. The number of phenols is 1. The van der Waals surface area contributed by atoms with Crippen LogP contribution in [0.15, 0.2) is 36.7 Å². The third kappa shape index (κ3) is 4.08. The van der Waals surface area contributed by atoms with Crippen LogP contribution in [0.5, 0.6) is 5.75 Å². The molecule has 2 heterocycles. The number of rotatable bonds is 7. The van der Waals surface area contributed by atoms with Crippen LogP contribution in [0.2, 0.25) is 0 Å². The second-order valence-corrected chi connectivity index (χ2v) is 7.27. The fourth-order valence-corrected chi connectivity index (χ4v) is 2.87. The van der Waals surface area contributed by atoms with Crippen LogP contribution in [0.25, 0.3) is 11.0 Å². The average Bonchev–Trinajstić information content (AvgIpc) is 3.11. The molecule has 0 bridgehead atoms. The van der Waals surface area contributed by atoms with Crippen LogP contribution in [0.4, 0.5) is 5.69 Å². The lowest BCUT2D eigenvalue weighted by atomic mass is 10.0. The molecular formula is C21H27N5O2. The molecule has 7 heteroatoms. The van der Waals surface area contributed by atoms with Gasteiger partial charge in [0.2, 0.25) is 0 Å². The number of fused-ring (bicyclic) bond motifs is 1. The topological polar surface area (TPSA) is 92.1 Å². The molecule has 0 aliphatic carbocycles. The molecule has 3 N–H and O–H groups in total. The van der Waals surface area contributed by atoms with E-state index in [2.05, 4.69) is 41.5 Å². The molecule has 3 rings (SSSR count). The number of hydrogen-bond donors (Lipinski definition) is 3. The minimum atomic E-state index is -0.204. The molecule has 0 unspecified atom stereocenters. The van der Waals surface area contributed by atoms with Gasteiger partial charge >= 0.3 is 0 Å². The number of anilines is 1. The normalized spacial score (nSPS) is 12.3. The van der Waals surface area contributed by atoms with Crippen LogP contribution in [0.1, 0.15) is 43.6 Å². The molecule has 0 aliphatic heterocycles. The number of carbonyl (C=O) groups excluding carboxylic acids is 1. The van der Waals surface area contributed by atoms with Crippen LogP contribution < -0.4 is 10.6 Å². The maximum absolute atomic E-state index is 12.9. The van der Waals surface area contributed by atoms with E-state index in [0.29, 0.717) is 24.6 Å². The van der Waals surface area contributed by atoms with Crippen LogP contribution in [-0.2, 0) is 13.1 Å². The number of aromatic nitrogens is 3. The van der Waals surface area contributed by atoms with Crippen molar-refractivity contribution >= 4 is 22.6 Å². The summed E-state index contributed by atoms with van der Waals surface area (Å²) in [7, 11) is 0. The summed E-state index contributed by atoms with van der Waals surface area (Å²) in [5.41, 5.74) is 2.92. The Morgan fingerprint density at radius 3 is 2.54 bits per heavy atom. The highest BCUT2D eigenvalue weighted by molar-refractivity contribution is 6.06. The predicted octanol–water partition coefficient (Wildman–Crippen LogP) is 3.54. The number of amides is 1. The van der Waals surface area contributed by atoms with Gasteiger partial charge in [0.15, 0.2) is 5.65 Å². The van der Waals surface area contributed by atoms with Gasteiger partial charge in [-0.3, -0.25) is 4.79 Å². The smallest absolute Gasteiger partial charge is 0.255 e. The van der Waals surface area contributed by atoms with Crippen molar-refractivity contribution in [2.45, 2.75) is 46.8 Å². The molecule has 0 fully saturated rings. The number of phenolic OH excluding ortho intramolecular Hbond substituents is 1. The van der Waals surface area contributed by atoms with E-state index in [1.165, 1.54) is 0 Å².